The molecule has 3 heteroatoms. The molecule has 0 bridgehead atoms. The normalized spacial score (nSPS) is 12.4. The molecule has 0 aliphatic rings. The zero-order valence-electron chi connectivity index (χ0n) is 11.2. The molecule has 0 spiro atoms. The first-order chi connectivity index (χ1) is 9.06. The fourth-order valence-electron chi connectivity index (χ4n) is 1.97. The molecule has 100 valence electrons. The number of halogens is 1. The van der Waals surface area contributed by atoms with Crippen molar-refractivity contribution in [2.45, 2.75) is 24.8 Å². The second-order valence-corrected chi connectivity index (χ2v) is 6.74. The van der Waals surface area contributed by atoms with Crippen molar-refractivity contribution in [1.82, 2.24) is 0 Å². The molecule has 19 heavy (non-hydrogen) atoms. The Morgan fingerprint density at radius 2 is 1.79 bits per heavy atom. The van der Waals surface area contributed by atoms with E-state index in [1.165, 1.54) is 21.6 Å². The Bertz CT molecular complexity index is 551. The Hall–Kier alpha value is -0.770. The first kappa shape index (κ1) is 14.6. The highest BCUT2D eigenvalue weighted by molar-refractivity contribution is 9.10. The molecule has 0 aliphatic carbocycles. The summed E-state index contributed by atoms with van der Waals surface area (Å²) in [5, 5.41) is 0. The average Bonchev–Trinajstić information content (AvgIpc) is 2.40. The lowest BCUT2D eigenvalue weighted by Crippen LogP contribution is -2.14. The minimum Gasteiger partial charge on any atom is -0.323 e. The fourth-order valence-corrected chi connectivity index (χ4v) is 3.11. The number of aryl methyl sites for hydroxylation is 2. The van der Waals surface area contributed by atoms with Crippen molar-refractivity contribution in [3.63, 3.8) is 0 Å². The van der Waals surface area contributed by atoms with Gasteiger partial charge in [0.1, 0.15) is 0 Å². The molecule has 0 aliphatic heterocycles. The van der Waals surface area contributed by atoms with Crippen LogP contribution in [0.5, 0.6) is 0 Å². The highest BCUT2D eigenvalue weighted by atomic mass is 79.9. The van der Waals surface area contributed by atoms with E-state index in [1.54, 1.807) is 11.8 Å². The number of rotatable bonds is 4. The summed E-state index contributed by atoms with van der Waals surface area (Å²) in [5.41, 5.74) is 10.1. The molecule has 1 unspecified atom stereocenters. The van der Waals surface area contributed by atoms with Crippen LogP contribution in [0, 0.1) is 13.8 Å². The van der Waals surface area contributed by atoms with Gasteiger partial charge in [0.25, 0.3) is 0 Å². The maximum atomic E-state index is 6.31. The van der Waals surface area contributed by atoms with Crippen molar-refractivity contribution in [2.24, 2.45) is 5.73 Å². The molecule has 0 aromatic heterocycles. The zero-order valence-corrected chi connectivity index (χ0v) is 13.6. The molecule has 1 nitrogen and oxygen atoms in total. The zero-order chi connectivity index (χ0) is 13.8. The molecule has 0 amide bonds. The van der Waals surface area contributed by atoms with Gasteiger partial charge in [0.05, 0.1) is 0 Å². The van der Waals surface area contributed by atoms with Crippen LogP contribution in [-0.2, 0) is 0 Å². The largest absolute Gasteiger partial charge is 0.323 e. The molecule has 2 aromatic rings. The number of hydrogen-bond acceptors (Lipinski definition) is 2. The van der Waals surface area contributed by atoms with E-state index < -0.39 is 0 Å². The van der Waals surface area contributed by atoms with E-state index in [4.69, 9.17) is 5.73 Å². The first-order valence-corrected chi connectivity index (χ1v) is 8.05. The Kier molecular flexibility index (Phi) is 5.08. The molecule has 2 N–H and O–H groups in total. The predicted octanol–water partition coefficient (Wildman–Crippen LogP) is 4.86. The van der Waals surface area contributed by atoms with Crippen molar-refractivity contribution in [3.05, 3.63) is 63.6 Å². The highest BCUT2D eigenvalue weighted by Gasteiger charge is 2.09. The summed E-state index contributed by atoms with van der Waals surface area (Å²) in [6.07, 6.45) is 0. The van der Waals surface area contributed by atoms with Gasteiger partial charge in [-0.05, 0) is 49.2 Å². The van der Waals surface area contributed by atoms with E-state index in [1.807, 2.05) is 0 Å². The third-order valence-electron chi connectivity index (χ3n) is 3.08. The van der Waals surface area contributed by atoms with Crippen LogP contribution >= 0.6 is 27.7 Å². The molecule has 2 rings (SSSR count). The smallest absolute Gasteiger partial charge is 0.0393 e. The highest BCUT2D eigenvalue weighted by Crippen LogP contribution is 2.26. The van der Waals surface area contributed by atoms with Gasteiger partial charge in [0, 0.05) is 21.2 Å². The second kappa shape index (κ2) is 6.60. The monoisotopic (exact) mass is 335 g/mol. The van der Waals surface area contributed by atoms with Gasteiger partial charge in [0.2, 0.25) is 0 Å². The van der Waals surface area contributed by atoms with Crippen LogP contribution in [0.2, 0.25) is 0 Å². The van der Waals surface area contributed by atoms with E-state index in [-0.39, 0.29) is 6.04 Å². The lowest BCUT2D eigenvalue weighted by atomic mass is 10.0. The van der Waals surface area contributed by atoms with Crippen LogP contribution in [-0.4, -0.2) is 5.75 Å². The van der Waals surface area contributed by atoms with Gasteiger partial charge < -0.3 is 5.73 Å². The van der Waals surface area contributed by atoms with Crippen LogP contribution < -0.4 is 5.73 Å². The van der Waals surface area contributed by atoms with Crippen molar-refractivity contribution in [1.29, 1.82) is 0 Å². The Balaban J connectivity index is 2.03. The van der Waals surface area contributed by atoms with E-state index >= 15 is 0 Å². The summed E-state index contributed by atoms with van der Waals surface area (Å²) in [5.74, 6) is 0.895. The van der Waals surface area contributed by atoms with Crippen molar-refractivity contribution in [3.8, 4) is 0 Å². The average molecular weight is 336 g/mol. The first-order valence-electron chi connectivity index (χ1n) is 6.27. The van der Waals surface area contributed by atoms with Crippen molar-refractivity contribution < 1.29 is 0 Å². The van der Waals surface area contributed by atoms with Gasteiger partial charge in [-0.3, -0.25) is 0 Å². The predicted molar refractivity (Wildman–Crippen MR) is 87.7 cm³/mol. The quantitative estimate of drug-likeness (QED) is 0.807. The number of nitrogens with two attached hydrogens (primary N) is 1. The van der Waals surface area contributed by atoms with Crippen LogP contribution in [0.3, 0.4) is 0 Å². The molecule has 1 atom stereocenters. The minimum absolute atomic E-state index is 0.0774. The summed E-state index contributed by atoms with van der Waals surface area (Å²) in [6.45, 7) is 4.23. The molecular formula is C16H18BrNS. The summed E-state index contributed by atoms with van der Waals surface area (Å²) in [6, 6.07) is 14.9. The van der Waals surface area contributed by atoms with E-state index in [0.717, 1.165) is 10.2 Å². The summed E-state index contributed by atoms with van der Waals surface area (Å²) in [4.78, 5) is 1.25. The lowest BCUT2D eigenvalue weighted by Gasteiger charge is -2.15. The van der Waals surface area contributed by atoms with E-state index in [2.05, 4.69) is 72.2 Å². The third-order valence-corrected chi connectivity index (χ3v) is 4.74. The third kappa shape index (κ3) is 4.10. The molecule has 0 saturated carbocycles. The van der Waals surface area contributed by atoms with Crippen molar-refractivity contribution in [2.75, 3.05) is 5.75 Å². The molecule has 0 radical (unpaired) electrons. The van der Waals surface area contributed by atoms with Crippen LogP contribution in [0.15, 0.2) is 51.8 Å². The van der Waals surface area contributed by atoms with E-state index in [9.17, 15) is 0 Å². The number of benzene rings is 2. The van der Waals surface area contributed by atoms with Crippen LogP contribution in [0.25, 0.3) is 0 Å². The Morgan fingerprint density at radius 3 is 2.47 bits per heavy atom. The minimum atomic E-state index is 0.0774. The maximum absolute atomic E-state index is 6.31. The van der Waals surface area contributed by atoms with E-state index in [0.29, 0.717) is 0 Å². The summed E-state index contributed by atoms with van der Waals surface area (Å²) in [7, 11) is 0. The van der Waals surface area contributed by atoms with Gasteiger partial charge in [-0.2, -0.15) is 0 Å². The molecular weight excluding hydrogens is 318 g/mol. The summed E-state index contributed by atoms with van der Waals surface area (Å²) < 4.78 is 1.11. The molecule has 2 aromatic carbocycles. The fraction of sp³-hybridized carbons (Fsp3) is 0.250. The standard InChI is InChI=1S/C16H18BrNS/c1-11-3-4-12(2)15(9-11)16(18)10-19-14-7-5-13(17)6-8-14/h3-9,16H,10,18H2,1-2H3. The number of thioether (sulfide) groups is 1. The Morgan fingerprint density at radius 1 is 1.11 bits per heavy atom. The lowest BCUT2D eigenvalue weighted by molar-refractivity contribution is 0.821. The van der Waals surface area contributed by atoms with Crippen LogP contribution in [0.4, 0.5) is 0 Å². The summed E-state index contributed by atoms with van der Waals surface area (Å²) >= 11 is 5.25. The van der Waals surface area contributed by atoms with Gasteiger partial charge in [-0.25, -0.2) is 0 Å². The van der Waals surface area contributed by atoms with Gasteiger partial charge in [-0.1, -0.05) is 39.7 Å². The topological polar surface area (TPSA) is 26.0 Å². The maximum Gasteiger partial charge on any atom is 0.0393 e. The van der Waals surface area contributed by atoms with Gasteiger partial charge in [0.15, 0.2) is 0 Å². The SMILES string of the molecule is Cc1ccc(C)c(C(N)CSc2ccc(Br)cc2)c1. The molecule has 0 saturated heterocycles. The Labute approximate surface area is 127 Å². The molecule has 0 fully saturated rings. The van der Waals surface area contributed by atoms with Crippen molar-refractivity contribution >= 4 is 27.7 Å². The van der Waals surface area contributed by atoms with Crippen LogP contribution in [0.1, 0.15) is 22.7 Å². The van der Waals surface area contributed by atoms with Gasteiger partial charge >= 0.3 is 0 Å². The van der Waals surface area contributed by atoms with Gasteiger partial charge in [-0.15, -0.1) is 11.8 Å². The number of hydrogen-bond donors (Lipinski definition) is 1. The second-order valence-electron chi connectivity index (χ2n) is 4.73. The molecule has 0 heterocycles.